The summed E-state index contributed by atoms with van der Waals surface area (Å²) < 4.78 is 22.2. The highest BCUT2D eigenvalue weighted by molar-refractivity contribution is 6.30. The molecule has 1 unspecified atom stereocenters. The minimum Gasteiger partial charge on any atom is -0.444 e. The van der Waals surface area contributed by atoms with Crippen molar-refractivity contribution in [3.05, 3.63) is 16.7 Å². The molecular weight excluding hydrogens is 427 g/mol. The third kappa shape index (κ3) is 3.51. The molecule has 3 atom stereocenters. The minimum absolute atomic E-state index is 0.0830. The van der Waals surface area contributed by atoms with E-state index >= 15 is 4.39 Å². The summed E-state index contributed by atoms with van der Waals surface area (Å²) in [5.41, 5.74) is 2.33. The normalized spacial score (nSPS) is 25.4. The Hall–Kier alpha value is -2.46. The molecule has 1 aliphatic heterocycles. The predicted molar refractivity (Wildman–Crippen MR) is 111 cm³/mol. The molecule has 2 aromatic heterocycles. The van der Waals surface area contributed by atoms with Crippen LogP contribution < -0.4 is 5.48 Å². The molecule has 3 heterocycles. The number of carbonyl (C=O) groups is 1. The van der Waals surface area contributed by atoms with Crippen LogP contribution in [-0.4, -0.2) is 56.0 Å². The number of nitrogens with zero attached hydrogens (tertiary/aromatic N) is 5. The largest absolute Gasteiger partial charge is 0.444 e. The van der Waals surface area contributed by atoms with Gasteiger partial charge in [0.15, 0.2) is 16.8 Å². The van der Waals surface area contributed by atoms with Gasteiger partial charge in [0.2, 0.25) is 0 Å². The zero-order valence-corrected chi connectivity index (χ0v) is 18.2. The van der Waals surface area contributed by atoms with Gasteiger partial charge in [0.1, 0.15) is 17.5 Å². The average molecular weight is 451 g/mol. The van der Waals surface area contributed by atoms with E-state index < -0.39 is 11.4 Å². The van der Waals surface area contributed by atoms with Gasteiger partial charge in [0, 0.05) is 19.0 Å². The number of halogens is 2. The number of hydrogen-bond acceptors (Lipinski definition) is 6. The first kappa shape index (κ1) is 20.4. The fourth-order valence-electron chi connectivity index (χ4n) is 4.59. The van der Waals surface area contributed by atoms with Crippen LogP contribution in [0.15, 0.2) is 4.99 Å². The Labute approximate surface area is 183 Å². The van der Waals surface area contributed by atoms with E-state index in [1.54, 1.807) is 9.58 Å². The van der Waals surface area contributed by atoms with Crippen LogP contribution in [0.4, 0.5) is 15.0 Å². The molecule has 0 aromatic carbocycles. The number of amides is 1. The second-order valence-corrected chi connectivity index (χ2v) is 9.81. The van der Waals surface area contributed by atoms with Crippen LogP contribution in [0.3, 0.4) is 0 Å². The van der Waals surface area contributed by atoms with Crippen molar-refractivity contribution in [1.29, 1.82) is 0 Å². The highest BCUT2D eigenvalue weighted by atomic mass is 35.5. The molecule has 3 aliphatic rings. The first-order valence-corrected chi connectivity index (χ1v) is 10.7. The molecule has 5 rings (SSSR count). The van der Waals surface area contributed by atoms with Gasteiger partial charge in [0.05, 0.1) is 17.1 Å². The third-order valence-corrected chi connectivity index (χ3v) is 6.30. The zero-order valence-electron chi connectivity index (χ0n) is 17.5. The number of aliphatic imine (C=N–C) groups is 1. The van der Waals surface area contributed by atoms with Gasteiger partial charge >= 0.3 is 6.09 Å². The van der Waals surface area contributed by atoms with Gasteiger partial charge in [-0.3, -0.25) is 15.4 Å². The fourth-order valence-corrected chi connectivity index (χ4v) is 4.76. The topological polar surface area (TPSA) is 105 Å². The second-order valence-electron chi connectivity index (χ2n) is 9.45. The minimum atomic E-state index is -0.612. The van der Waals surface area contributed by atoms with Crippen LogP contribution in [0.5, 0.6) is 0 Å². The van der Waals surface area contributed by atoms with E-state index in [1.165, 1.54) is 0 Å². The molecule has 9 nitrogen and oxygen atoms in total. The summed E-state index contributed by atoms with van der Waals surface area (Å²) in [4.78, 5) is 22.3. The Morgan fingerprint density at radius 2 is 2.03 bits per heavy atom. The molecule has 2 aliphatic carbocycles. The first-order valence-electron chi connectivity index (χ1n) is 10.4. The zero-order chi connectivity index (χ0) is 22.1. The van der Waals surface area contributed by atoms with Crippen molar-refractivity contribution < 1.29 is 19.1 Å². The number of hydroxylamine groups is 1. The Morgan fingerprint density at radius 1 is 1.35 bits per heavy atom. The number of pyridine rings is 1. The molecule has 1 saturated heterocycles. The summed E-state index contributed by atoms with van der Waals surface area (Å²) in [5.74, 6) is 0.132. The number of piperidine rings is 1. The number of aromatic nitrogens is 3. The molecule has 0 bridgehead atoms. The van der Waals surface area contributed by atoms with E-state index in [2.05, 4.69) is 9.98 Å². The quantitative estimate of drug-likeness (QED) is 0.318. The van der Waals surface area contributed by atoms with Crippen molar-refractivity contribution in [2.45, 2.75) is 51.2 Å². The molecule has 166 valence electrons. The molecular formula is C20H24ClFN6O3. The Balaban J connectivity index is 1.49. The van der Waals surface area contributed by atoms with E-state index in [1.807, 2.05) is 26.3 Å². The van der Waals surface area contributed by atoms with Crippen molar-refractivity contribution in [3.63, 3.8) is 0 Å². The van der Waals surface area contributed by atoms with E-state index in [0.717, 1.165) is 24.9 Å². The second kappa shape index (κ2) is 7.03. The van der Waals surface area contributed by atoms with Crippen LogP contribution in [0.1, 0.15) is 51.3 Å². The SMILES string of the molecule is CC(C)(C)OC(=O)N1C[C@@H]2C(c3nn(C4CC4)c4c(F)c(Cl)nc(N=CNO)c34)[C@@H]2C1. The molecule has 0 radical (unpaired) electrons. The van der Waals surface area contributed by atoms with E-state index in [-0.39, 0.29) is 40.9 Å². The lowest BCUT2D eigenvalue weighted by atomic mass is 10.1. The van der Waals surface area contributed by atoms with Crippen molar-refractivity contribution in [3.8, 4) is 0 Å². The number of carbonyl (C=O) groups excluding carboxylic acids is 1. The number of ether oxygens (including phenoxy) is 1. The highest BCUT2D eigenvalue weighted by Crippen LogP contribution is 2.60. The maximum atomic E-state index is 15.0. The Morgan fingerprint density at radius 3 is 2.61 bits per heavy atom. The molecule has 2 aromatic rings. The van der Waals surface area contributed by atoms with E-state index in [4.69, 9.17) is 26.6 Å². The fraction of sp³-hybridized carbons (Fsp3) is 0.600. The van der Waals surface area contributed by atoms with Crippen LogP contribution in [-0.2, 0) is 4.74 Å². The maximum absolute atomic E-state index is 15.0. The van der Waals surface area contributed by atoms with Gasteiger partial charge in [-0.25, -0.2) is 19.2 Å². The summed E-state index contributed by atoms with van der Waals surface area (Å²) in [7, 11) is 0. The van der Waals surface area contributed by atoms with Gasteiger partial charge in [-0.2, -0.15) is 5.10 Å². The first-order chi connectivity index (χ1) is 14.7. The monoisotopic (exact) mass is 450 g/mol. The number of nitrogens with one attached hydrogen (secondary N) is 1. The average Bonchev–Trinajstić information content (AvgIpc) is 3.57. The highest BCUT2D eigenvalue weighted by Gasteiger charge is 2.59. The lowest BCUT2D eigenvalue weighted by molar-refractivity contribution is 0.0271. The maximum Gasteiger partial charge on any atom is 0.410 e. The lowest BCUT2D eigenvalue weighted by Crippen LogP contribution is -2.36. The Bertz CT molecular complexity index is 1080. The predicted octanol–water partition coefficient (Wildman–Crippen LogP) is 3.78. The summed E-state index contributed by atoms with van der Waals surface area (Å²) in [6.07, 6.45) is 2.60. The molecule has 31 heavy (non-hydrogen) atoms. The van der Waals surface area contributed by atoms with Crippen molar-refractivity contribution in [2.75, 3.05) is 13.1 Å². The number of fused-ring (bicyclic) bond motifs is 2. The van der Waals surface area contributed by atoms with Gasteiger partial charge in [-0.1, -0.05) is 11.6 Å². The van der Waals surface area contributed by atoms with Gasteiger partial charge in [0.25, 0.3) is 0 Å². The summed E-state index contributed by atoms with van der Waals surface area (Å²) in [6, 6.07) is 0.133. The number of likely N-dealkylation sites (tertiary alicyclic amines) is 1. The van der Waals surface area contributed by atoms with Gasteiger partial charge in [-0.05, 0) is 45.4 Å². The number of hydrogen-bond donors (Lipinski definition) is 2. The molecule has 2 N–H and O–H groups in total. The summed E-state index contributed by atoms with van der Waals surface area (Å²) in [5, 5.41) is 13.9. The van der Waals surface area contributed by atoms with Crippen LogP contribution >= 0.6 is 11.6 Å². The van der Waals surface area contributed by atoms with Gasteiger partial charge < -0.3 is 9.64 Å². The molecule has 0 spiro atoms. The van der Waals surface area contributed by atoms with E-state index in [9.17, 15) is 4.79 Å². The molecule has 1 amide bonds. The summed E-state index contributed by atoms with van der Waals surface area (Å²) in [6.45, 7) is 6.68. The Kier molecular flexibility index (Phi) is 4.63. The van der Waals surface area contributed by atoms with Crippen LogP contribution in [0.25, 0.3) is 10.9 Å². The van der Waals surface area contributed by atoms with Crippen LogP contribution in [0.2, 0.25) is 5.15 Å². The van der Waals surface area contributed by atoms with E-state index in [0.29, 0.717) is 24.0 Å². The molecule has 2 saturated carbocycles. The third-order valence-electron chi connectivity index (χ3n) is 6.05. The standard InChI is InChI=1S/C20H24ClFN6O3/c1-20(2,3)31-19(29)27-6-10-11(7-27)12(10)15-13-16(28(26-15)9-4-5-9)14(22)17(21)25-18(13)23-8-24-30/h8-12,30H,4-7H2,1-3H3,(H,23,24,25)/t10-,11+,12?. The van der Waals surface area contributed by atoms with Crippen molar-refractivity contribution in [1.82, 2.24) is 25.1 Å². The van der Waals surface area contributed by atoms with Crippen molar-refractivity contribution in [2.24, 2.45) is 16.8 Å². The lowest BCUT2D eigenvalue weighted by Gasteiger charge is -2.25. The molecule has 3 fully saturated rings. The van der Waals surface area contributed by atoms with Crippen LogP contribution in [0, 0.1) is 17.7 Å². The van der Waals surface area contributed by atoms with Gasteiger partial charge in [-0.15, -0.1) is 0 Å². The summed E-state index contributed by atoms with van der Waals surface area (Å²) >= 11 is 6.03. The molecule has 11 heteroatoms. The van der Waals surface area contributed by atoms with Crippen molar-refractivity contribution >= 4 is 40.8 Å². The smallest absolute Gasteiger partial charge is 0.410 e. The number of rotatable bonds is 4.